The first kappa shape index (κ1) is 19.6. The lowest BCUT2D eigenvalue weighted by atomic mass is 10.1. The zero-order chi connectivity index (χ0) is 20.2. The first-order chi connectivity index (χ1) is 14.1. The molecular formula is C22H29N5O2. The van der Waals surface area contributed by atoms with E-state index < -0.39 is 0 Å². The highest BCUT2D eigenvalue weighted by Crippen LogP contribution is 2.17. The van der Waals surface area contributed by atoms with E-state index in [1.807, 2.05) is 57.9 Å². The van der Waals surface area contributed by atoms with Crippen LogP contribution in [0.25, 0.3) is 0 Å². The van der Waals surface area contributed by atoms with Gasteiger partial charge in [0, 0.05) is 44.5 Å². The molecule has 2 aromatic rings. The van der Waals surface area contributed by atoms with Crippen LogP contribution in [-0.4, -0.2) is 70.7 Å². The van der Waals surface area contributed by atoms with Gasteiger partial charge in [0.15, 0.2) is 0 Å². The topological polar surface area (TPSA) is 70.5 Å². The summed E-state index contributed by atoms with van der Waals surface area (Å²) in [6.07, 6.45) is 4.90. The van der Waals surface area contributed by atoms with Crippen molar-refractivity contribution in [1.29, 1.82) is 0 Å². The lowest BCUT2D eigenvalue weighted by molar-refractivity contribution is 0.0715. The molecule has 29 heavy (non-hydrogen) atoms. The van der Waals surface area contributed by atoms with Crippen molar-refractivity contribution in [2.24, 2.45) is 0 Å². The largest absolute Gasteiger partial charge is 0.337 e. The third-order valence-corrected chi connectivity index (χ3v) is 5.81. The van der Waals surface area contributed by atoms with Crippen molar-refractivity contribution in [3.8, 4) is 0 Å². The maximum absolute atomic E-state index is 13.0. The Balaban J connectivity index is 1.38. The van der Waals surface area contributed by atoms with Crippen molar-refractivity contribution in [3.63, 3.8) is 0 Å². The van der Waals surface area contributed by atoms with Crippen molar-refractivity contribution in [2.45, 2.75) is 32.2 Å². The van der Waals surface area contributed by atoms with E-state index in [-0.39, 0.29) is 11.8 Å². The summed E-state index contributed by atoms with van der Waals surface area (Å²) < 4.78 is 1.92. The first-order valence-electron chi connectivity index (χ1n) is 10.5. The highest BCUT2D eigenvalue weighted by molar-refractivity contribution is 5.95. The van der Waals surface area contributed by atoms with Crippen LogP contribution in [0.5, 0.6) is 0 Å². The second-order valence-electron chi connectivity index (χ2n) is 7.99. The fourth-order valence-corrected chi connectivity index (χ4v) is 4.16. The van der Waals surface area contributed by atoms with Gasteiger partial charge in [0.2, 0.25) is 0 Å². The van der Waals surface area contributed by atoms with E-state index in [2.05, 4.69) is 10.4 Å². The van der Waals surface area contributed by atoms with Gasteiger partial charge >= 0.3 is 0 Å². The zero-order valence-corrected chi connectivity index (χ0v) is 17.0. The molecule has 1 aromatic heterocycles. The molecule has 2 aliphatic rings. The van der Waals surface area contributed by atoms with Gasteiger partial charge < -0.3 is 15.1 Å². The Morgan fingerprint density at radius 1 is 1.03 bits per heavy atom. The molecular weight excluding hydrogens is 366 g/mol. The van der Waals surface area contributed by atoms with Crippen LogP contribution >= 0.6 is 0 Å². The smallest absolute Gasteiger partial charge is 0.274 e. The molecule has 7 nitrogen and oxygen atoms in total. The van der Waals surface area contributed by atoms with Crippen LogP contribution in [0.1, 0.15) is 51.7 Å². The highest BCUT2D eigenvalue weighted by Gasteiger charge is 2.25. The molecule has 2 saturated heterocycles. The molecule has 0 aliphatic carbocycles. The number of carbonyl (C=O) groups excluding carboxylic acids is 2. The maximum atomic E-state index is 13.0. The minimum Gasteiger partial charge on any atom is -0.337 e. The lowest BCUT2D eigenvalue weighted by Gasteiger charge is -2.23. The molecule has 0 spiro atoms. The normalized spacial score (nSPS) is 20.4. The Kier molecular flexibility index (Phi) is 5.94. The second kappa shape index (κ2) is 8.78. The van der Waals surface area contributed by atoms with Crippen LogP contribution in [0.2, 0.25) is 0 Å². The van der Waals surface area contributed by atoms with E-state index in [4.69, 9.17) is 0 Å². The molecule has 0 bridgehead atoms. The molecule has 2 fully saturated rings. The average Bonchev–Trinajstić information content (AvgIpc) is 3.12. The van der Waals surface area contributed by atoms with Crippen molar-refractivity contribution in [1.82, 2.24) is 24.9 Å². The van der Waals surface area contributed by atoms with Crippen LogP contribution in [0.3, 0.4) is 0 Å². The minimum atomic E-state index is -0.0441. The average molecular weight is 396 g/mol. The van der Waals surface area contributed by atoms with Gasteiger partial charge in [-0.05, 0) is 50.9 Å². The van der Waals surface area contributed by atoms with Crippen molar-refractivity contribution in [2.75, 3.05) is 39.3 Å². The molecule has 1 unspecified atom stereocenters. The summed E-state index contributed by atoms with van der Waals surface area (Å²) in [5.74, 6) is -0.00514. The van der Waals surface area contributed by atoms with Gasteiger partial charge in [-0.1, -0.05) is 17.7 Å². The summed E-state index contributed by atoms with van der Waals surface area (Å²) in [6, 6.07) is 9.81. The van der Waals surface area contributed by atoms with Crippen molar-refractivity contribution in [3.05, 3.63) is 53.3 Å². The van der Waals surface area contributed by atoms with Crippen molar-refractivity contribution >= 4 is 11.8 Å². The monoisotopic (exact) mass is 395 g/mol. The summed E-state index contributed by atoms with van der Waals surface area (Å²) >= 11 is 0. The Labute approximate surface area is 171 Å². The minimum absolute atomic E-state index is 0.0390. The number of amides is 2. The van der Waals surface area contributed by atoms with E-state index in [0.717, 1.165) is 37.9 Å². The molecule has 1 aromatic carbocycles. The number of aryl methyl sites for hydroxylation is 1. The fraction of sp³-hybridized carbons (Fsp3) is 0.500. The molecule has 2 amide bonds. The number of rotatable bonds is 3. The summed E-state index contributed by atoms with van der Waals surface area (Å²) in [7, 11) is 0. The SMILES string of the molecule is Cc1cccc(C(=O)N2CCCN(C(=O)c3ccn(C4CCCNC4)n3)CC2)c1. The van der Waals surface area contributed by atoms with Gasteiger partial charge in [0.05, 0.1) is 6.04 Å². The predicted molar refractivity (Wildman–Crippen MR) is 111 cm³/mol. The Morgan fingerprint density at radius 3 is 2.55 bits per heavy atom. The van der Waals surface area contributed by atoms with Gasteiger partial charge in [-0.15, -0.1) is 0 Å². The Hall–Kier alpha value is -2.67. The number of piperidine rings is 1. The molecule has 7 heteroatoms. The predicted octanol–water partition coefficient (Wildman–Crippen LogP) is 2.10. The van der Waals surface area contributed by atoms with Crippen LogP contribution in [0, 0.1) is 6.92 Å². The summed E-state index contributed by atoms with van der Waals surface area (Å²) in [6.45, 7) is 6.33. The van der Waals surface area contributed by atoms with Gasteiger partial charge in [-0.3, -0.25) is 14.3 Å². The van der Waals surface area contributed by atoms with Gasteiger partial charge in [-0.25, -0.2) is 0 Å². The van der Waals surface area contributed by atoms with E-state index in [1.54, 1.807) is 0 Å². The highest BCUT2D eigenvalue weighted by atomic mass is 16.2. The molecule has 154 valence electrons. The molecule has 0 radical (unpaired) electrons. The number of hydrogen-bond acceptors (Lipinski definition) is 4. The number of nitrogens with zero attached hydrogens (tertiary/aromatic N) is 4. The van der Waals surface area contributed by atoms with Crippen molar-refractivity contribution < 1.29 is 9.59 Å². The van der Waals surface area contributed by atoms with Crippen LogP contribution in [0.15, 0.2) is 36.5 Å². The van der Waals surface area contributed by atoms with Crippen LogP contribution in [-0.2, 0) is 0 Å². The Morgan fingerprint density at radius 2 is 1.83 bits per heavy atom. The van der Waals surface area contributed by atoms with E-state index in [9.17, 15) is 9.59 Å². The summed E-state index contributed by atoms with van der Waals surface area (Å²) in [5, 5.41) is 7.94. The summed E-state index contributed by atoms with van der Waals surface area (Å²) in [5.41, 5.74) is 2.28. The van der Waals surface area contributed by atoms with Crippen LogP contribution in [0.4, 0.5) is 0 Å². The van der Waals surface area contributed by atoms with E-state index in [1.165, 1.54) is 0 Å². The zero-order valence-electron chi connectivity index (χ0n) is 17.0. The number of benzene rings is 1. The van der Waals surface area contributed by atoms with E-state index >= 15 is 0 Å². The molecule has 3 heterocycles. The first-order valence-corrected chi connectivity index (χ1v) is 10.5. The van der Waals surface area contributed by atoms with Crippen LogP contribution < -0.4 is 5.32 Å². The molecule has 4 rings (SSSR count). The second-order valence-corrected chi connectivity index (χ2v) is 7.99. The molecule has 1 atom stereocenters. The number of hydrogen-bond donors (Lipinski definition) is 1. The number of carbonyl (C=O) groups is 2. The quantitative estimate of drug-likeness (QED) is 0.864. The molecule has 1 N–H and O–H groups in total. The molecule has 0 saturated carbocycles. The number of nitrogens with one attached hydrogen (secondary N) is 1. The van der Waals surface area contributed by atoms with Gasteiger partial charge in [0.1, 0.15) is 5.69 Å². The standard InChI is InChI=1S/C22H29N5O2/c1-17-5-2-6-18(15-17)21(28)25-10-4-11-26(14-13-25)22(29)20-8-12-27(24-20)19-7-3-9-23-16-19/h2,5-6,8,12,15,19,23H,3-4,7,9-11,13-14,16H2,1H3. The van der Waals surface area contributed by atoms with E-state index in [0.29, 0.717) is 43.5 Å². The Bertz CT molecular complexity index is 872. The van der Waals surface area contributed by atoms with Gasteiger partial charge in [0.25, 0.3) is 11.8 Å². The summed E-state index contributed by atoms with van der Waals surface area (Å²) in [4.78, 5) is 29.5. The maximum Gasteiger partial charge on any atom is 0.274 e. The number of aromatic nitrogens is 2. The third-order valence-electron chi connectivity index (χ3n) is 5.81. The lowest BCUT2D eigenvalue weighted by Crippen LogP contribution is -2.37. The third kappa shape index (κ3) is 4.50. The van der Waals surface area contributed by atoms with Gasteiger partial charge in [-0.2, -0.15) is 5.10 Å². The fourth-order valence-electron chi connectivity index (χ4n) is 4.16. The molecule has 2 aliphatic heterocycles.